The summed E-state index contributed by atoms with van der Waals surface area (Å²) in [5, 5.41) is 1.51. The Hall–Kier alpha value is -0.740. The van der Waals surface area contributed by atoms with E-state index in [1.54, 1.807) is 19.5 Å². The zero-order valence-electron chi connectivity index (χ0n) is 8.03. The minimum absolute atomic E-state index is 0.665. The van der Waals surface area contributed by atoms with Crippen LogP contribution < -0.4 is 4.74 Å². The molecule has 3 nitrogen and oxygen atoms in total. The molecular formula is C9H11ClN2OS. The molecule has 0 atom stereocenters. The highest BCUT2D eigenvalue weighted by atomic mass is 35.5. The Morgan fingerprint density at radius 2 is 2.21 bits per heavy atom. The van der Waals surface area contributed by atoms with Crippen LogP contribution in [0, 0.1) is 0 Å². The van der Waals surface area contributed by atoms with Gasteiger partial charge >= 0.3 is 0 Å². The normalized spacial score (nSPS) is 11.5. The third kappa shape index (κ3) is 3.98. The lowest BCUT2D eigenvalue weighted by molar-refractivity contribution is 0.409. The van der Waals surface area contributed by atoms with Gasteiger partial charge in [0.2, 0.25) is 0 Å². The SMILES string of the molecule is COc1cnc(SC/C=C(\C)Cl)nc1. The molecule has 0 aliphatic rings. The van der Waals surface area contributed by atoms with Crippen molar-refractivity contribution >= 4 is 23.4 Å². The van der Waals surface area contributed by atoms with Crippen molar-refractivity contribution in [3.05, 3.63) is 23.5 Å². The van der Waals surface area contributed by atoms with Crippen molar-refractivity contribution in [2.75, 3.05) is 12.9 Å². The predicted molar refractivity (Wildman–Crippen MR) is 58.9 cm³/mol. The molecule has 1 rings (SSSR count). The Balaban J connectivity index is 2.48. The second-order valence-electron chi connectivity index (χ2n) is 2.51. The van der Waals surface area contributed by atoms with E-state index in [-0.39, 0.29) is 0 Å². The Morgan fingerprint density at radius 3 is 2.71 bits per heavy atom. The summed E-state index contributed by atoms with van der Waals surface area (Å²) in [5.41, 5.74) is 0. The summed E-state index contributed by atoms with van der Waals surface area (Å²) >= 11 is 7.21. The van der Waals surface area contributed by atoms with Crippen LogP contribution in [0.1, 0.15) is 6.92 Å². The fraction of sp³-hybridized carbons (Fsp3) is 0.333. The lowest BCUT2D eigenvalue weighted by atomic mass is 10.6. The highest BCUT2D eigenvalue weighted by Crippen LogP contribution is 2.15. The van der Waals surface area contributed by atoms with Crippen LogP contribution >= 0.6 is 23.4 Å². The van der Waals surface area contributed by atoms with E-state index in [2.05, 4.69) is 9.97 Å². The van der Waals surface area contributed by atoms with Gasteiger partial charge in [0.25, 0.3) is 0 Å². The summed E-state index contributed by atoms with van der Waals surface area (Å²) in [6.45, 7) is 1.84. The average Bonchev–Trinajstić information content (AvgIpc) is 2.18. The molecule has 1 aromatic rings. The van der Waals surface area contributed by atoms with Crippen molar-refractivity contribution in [2.45, 2.75) is 12.1 Å². The fourth-order valence-corrected chi connectivity index (χ4v) is 1.62. The van der Waals surface area contributed by atoms with Crippen molar-refractivity contribution in [1.82, 2.24) is 9.97 Å². The molecule has 0 aliphatic carbocycles. The molecule has 0 spiro atoms. The van der Waals surface area contributed by atoms with Gasteiger partial charge in [-0.1, -0.05) is 29.4 Å². The van der Waals surface area contributed by atoms with E-state index in [4.69, 9.17) is 16.3 Å². The smallest absolute Gasteiger partial charge is 0.188 e. The molecule has 14 heavy (non-hydrogen) atoms. The largest absolute Gasteiger partial charge is 0.494 e. The Bertz CT molecular complexity index is 309. The molecule has 0 bridgehead atoms. The number of allylic oxidation sites excluding steroid dienone is 1. The highest BCUT2D eigenvalue weighted by molar-refractivity contribution is 7.99. The van der Waals surface area contributed by atoms with Crippen LogP contribution in [0.2, 0.25) is 0 Å². The molecular weight excluding hydrogens is 220 g/mol. The zero-order chi connectivity index (χ0) is 10.4. The first-order chi connectivity index (χ1) is 6.72. The number of rotatable bonds is 4. The quantitative estimate of drug-likeness (QED) is 0.589. The topological polar surface area (TPSA) is 35.0 Å². The molecule has 0 aromatic carbocycles. The van der Waals surface area contributed by atoms with Gasteiger partial charge in [0, 0.05) is 10.8 Å². The van der Waals surface area contributed by atoms with E-state index < -0.39 is 0 Å². The van der Waals surface area contributed by atoms with Gasteiger partial charge in [-0.25, -0.2) is 9.97 Å². The number of aromatic nitrogens is 2. The third-order valence-electron chi connectivity index (χ3n) is 1.42. The minimum atomic E-state index is 0.665. The van der Waals surface area contributed by atoms with Gasteiger partial charge in [0.1, 0.15) is 0 Å². The second-order valence-corrected chi connectivity index (χ2v) is 4.09. The summed E-state index contributed by atoms with van der Waals surface area (Å²) in [7, 11) is 1.59. The molecule has 0 N–H and O–H groups in total. The van der Waals surface area contributed by atoms with Crippen LogP contribution in [0.5, 0.6) is 5.75 Å². The molecule has 0 saturated carbocycles. The van der Waals surface area contributed by atoms with E-state index in [0.29, 0.717) is 5.75 Å². The van der Waals surface area contributed by atoms with Crippen LogP contribution in [0.25, 0.3) is 0 Å². The fourth-order valence-electron chi connectivity index (χ4n) is 0.715. The second kappa shape index (κ2) is 5.88. The van der Waals surface area contributed by atoms with Gasteiger partial charge in [-0.2, -0.15) is 0 Å². The van der Waals surface area contributed by atoms with E-state index in [1.165, 1.54) is 11.8 Å². The van der Waals surface area contributed by atoms with E-state index in [0.717, 1.165) is 15.9 Å². The molecule has 0 aliphatic heterocycles. The van der Waals surface area contributed by atoms with Crippen LogP contribution in [-0.2, 0) is 0 Å². The summed E-state index contributed by atoms with van der Waals surface area (Å²) in [5.74, 6) is 1.44. The van der Waals surface area contributed by atoms with Crippen LogP contribution in [-0.4, -0.2) is 22.8 Å². The number of ether oxygens (including phenoxy) is 1. The minimum Gasteiger partial charge on any atom is -0.494 e. The molecule has 0 fully saturated rings. The molecule has 76 valence electrons. The predicted octanol–water partition coefficient (Wildman–Crippen LogP) is 2.72. The van der Waals surface area contributed by atoms with Gasteiger partial charge < -0.3 is 4.74 Å². The lowest BCUT2D eigenvalue weighted by Crippen LogP contribution is -1.89. The van der Waals surface area contributed by atoms with Crippen molar-refractivity contribution in [3.8, 4) is 5.75 Å². The summed E-state index contributed by atoms with van der Waals surface area (Å²) in [6, 6.07) is 0. The maximum atomic E-state index is 5.68. The Morgan fingerprint density at radius 1 is 1.57 bits per heavy atom. The van der Waals surface area contributed by atoms with Crippen molar-refractivity contribution in [1.29, 1.82) is 0 Å². The average molecular weight is 231 g/mol. The summed E-state index contributed by atoms with van der Waals surface area (Å²) < 4.78 is 4.94. The van der Waals surface area contributed by atoms with Gasteiger partial charge in [0.15, 0.2) is 10.9 Å². The first-order valence-electron chi connectivity index (χ1n) is 4.03. The number of nitrogens with zero attached hydrogens (tertiary/aromatic N) is 2. The number of hydrogen-bond donors (Lipinski definition) is 0. The zero-order valence-corrected chi connectivity index (χ0v) is 9.60. The monoisotopic (exact) mass is 230 g/mol. The first kappa shape index (κ1) is 11.3. The Labute approximate surface area is 92.5 Å². The molecule has 0 saturated heterocycles. The maximum Gasteiger partial charge on any atom is 0.188 e. The standard InChI is InChI=1S/C9H11ClN2OS/c1-7(10)3-4-14-9-11-5-8(13-2)6-12-9/h3,5-6H,4H2,1-2H3/b7-3+. The molecule has 0 unspecified atom stereocenters. The number of thioether (sulfide) groups is 1. The van der Waals surface area contributed by atoms with Gasteiger partial charge in [0.05, 0.1) is 19.5 Å². The van der Waals surface area contributed by atoms with Gasteiger partial charge in [-0.15, -0.1) is 0 Å². The number of methoxy groups -OCH3 is 1. The van der Waals surface area contributed by atoms with Crippen LogP contribution in [0.3, 0.4) is 0 Å². The molecule has 1 heterocycles. The highest BCUT2D eigenvalue weighted by Gasteiger charge is 1.96. The first-order valence-corrected chi connectivity index (χ1v) is 5.40. The van der Waals surface area contributed by atoms with Crippen molar-refractivity contribution in [3.63, 3.8) is 0 Å². The van der Waals surface area contributed by atoms with Gasteiger partial charge in [-0.3, -0.25) is 0 Å². The molecule has 0 amide bonds. The maximum absolute atomic E-state index is 5.68. The van der Waals surface area contributed by atoms with E-state index in [1.807, 2.05) is 13.0 Å². The number of halogens is 1. The van der Waals surface area contributed by atoms with Crippen LogP contribution in [0.4, 0.5) is 0 Å². The molecule has 1 aromatic heterocycles. The Kier molecular flexibility index (Phi) is 4.76. The summed E-state index contributed by atoms with van der Waals surface area (Å²) in [6.07, 6.45) is 5.21. The van der Waals surface area contributed by atoms with E-state index >= 15 is 0 Å². The summed E-state index contributed by atoms with van der Waals surface area (Å²) in [4.78, 5) is 8.20. The van der Waals surface area contributed by atoms with Crippen molar-refractivity contribution in [2.24, 2.45) is 0 Å². The van der Waals surface area contributed by atoms with Gasteiger partial charge in [-0.05, 0) is 6.92 Å². The lowest BCUT2D eigenvalue weighted by Gasteiger charge is -1.99. The van der Waals surface area contributed by atoms with E-state index in [9.17, 15) is 0 Å². The molecule has 5 heteroatoms. The van der Waals surface area contributed by atoms with Crippen molar-refractivity contribution < 1.29 is 4.74 Å². The third-order valence-corrected chi connectivity index (χ3v) is 2.37. The molecule has 0 radical (unpaired) electrons. The number of hydrogen-bond acceptors (Lipinski definition) is 4. The van der Waals surface area contributed by atoms with Crippen LogP contribution in [0.15, 0.2) is 28.7 Å².